The molecule has 2 aliphatic rings. The lowest BCUT2D eigenvalue weighted by Gasteiger charge is -2.35. The van der Waals surface area contributed by atoms with Gasteiger partial charge in [-0.15, -0.1) is 5.10 Å². The molecule has 1 aromatic carbocycles. The largest absolute Gasteiger partial charge is 0.408 e. The lowest BCUT2D eigenvalue weighted by atomic mass is 9.97. The molecule has 0 radical (unpaired) electrons. The zero-order valence-electron chi connectivity index (χ0n) is 15.1. The second-order valence-corrected chi connectivity index (χ2v) is 8.08. The minimum atomic E-state index is -0.128. The molecule has 2 aromatic rings. The lowest BCUT2D eigenvalue weighted by molar-refractivity contribution is -0.0501. The van der Waals surface area contributed by atoms with Crippen LogP contribution in [0.15, 0.2) is 34.7 Å². The Kier molecular flexibility index (Phi) is 4.25. The van der Waals surface area contributed by atoms with E-state index in [1.165, 1.54) is 5.56 Å². The molecule has 6 heteroatoms. The van der Waals surface area contributed by atoms with Gasteiger partial charge in [-0.3, -0.25) is 4.90 Å². The van der Waals surface area contributed by atoms with Gasteiger partial charge in [0.2, 0.25) is 5.89 Å². The number of nitrogens with one attached hydrogen (secondary N) is 1. The first-order chi connectivity index (χ1) is 12.0. The highest BCUT2D eigenvalue weighted by molar-refractivity contribution is 5.23. The van der Waals surface area contributed by atoms with E-state index in [-0.39, 0.29) is 11.5 Å². The number of hydrogen-bond acceptors (Lipinski definition) is 6. The fourth-order valence-electron chi connectivity index (χ4n) is 3.61. The van der Waals surface area contributed by atoms with E-state index in [1.54, 1.807) is 0 Å². The number of aromatic nitrogens is 2. The SMILES string of the molecule is CC(C)(C)c1nnc(N[C@H]2C[C@H]3CO[C@@H](c4ccccc4)CN3C2)o1. The summed E-state index contributed by atoms with van der Waals surface area (Å²) in [6.45, 7) is 8.90. The van der Waals surface area contributed by atoms with Gasteiger partial charge in [-0.2, -0.15) is 0 Å². The lowest BCUT2D eigenvalue weighted by Crippen LogP contribution is -2.42. The van der Waals surface area contributed by atoms with Crippen LogP contribution in [-0.2, 0) is 10.2 Å². The van der Waals surface area contributed by atoms with Crippen LogP contribution in [0.5, 0.6) is 0 Å². The molecule has 1 N–H and O–H groups in total. The molecule has 0 aliphatic carbocycles. The standard InChI is InChI=1S/C19H26N4O2/c1-19(2,3)17-21-22-18(25-17)20-14-9-15-12-24-16(11-23(15)10-14)13-7-5-4-6-8-13/h4-8,14-16H,9-12H2,1-3H3,(H,20,22)/t14-,15-,16+/m0/s1. The minimum absolute atomic E-state index is 0.128. The van der Waals surface area contributed by atoms with Gasteiger partial charge in [-0.05, 0) is 12.0 Å². The second kappa shape index (κ2) is 6.42. The summed E-state index contributed by atoms with van der Waals surface area (Å²) in [5, 5.41) is 11.7. The first-order valence-electron chi connectivity index (χ1n) is 9.00. The van der Waals surface area contributed by atoms with Gasteiger partial charge in [0, 0.05) is 30.6 Å². The van der Waals surface area contributed by atoms with Crippen molar-refractivity contribution in [1.82, 2.24) is 15.1 Å². The number of anilines is 1. The Bertz CT molecular complexity index is 710. The summed E-state index contributed by atoms with van der Waals surface area (Å²) in [6.07, 6.45) is 1.20. The number of rotatable bonds is 3. The molecule has 2 saturated heterocycles. The van der Waals surface area contributed by atoms with Crippen molar-refractivity contribution in [2.45, 2.75) is 50.8 Å². The topological polar surface area (TPSA) is 63.4 Å². The quantitative estimate of drug-likeness (QED) is 0.925. The van der Waals surface area contributed by atoms with Gasteiger partial charge in [0.25, 0.3) is 0 Å². The molecule has 134 valence electrons. The number of benzene rings is 1. The summed E-state index contributed by atoms with van der Waals surface area (Å²) in [5.74, 6) is 0.665. The smallest absolute Gasteiger partial charge is 0.315 e. The van der Waals surface area contributed by atoms with E-state index >= 15 is 0 Å². The Morgan fingerprint density at radius 1 is 1.12 bits per heavy atom. The van der Waals surface area contributed by atoms with Crippen molar-refractivity contribution in [2.75, 3.05) is 25.0 Å². The normalized spacial score (nSPS) is 27.2. The Hall–Kier alpha value is -1.92. The fourth-order valence-corrected chi connectivity index (χ4v) is 3.61. The van der Waals surface area contributed by atoms with Crippen molar-refractivity contribution in [1.29, 1.82) is 0 Å². The molecular weight excluding hydrogens is 316 g/mol. The Morgan fingerprint density at radius 3 is 2.64 bits per heavy atom. The van der Waals surface area contributed by atoms with E-state index in [1.807, 2.05) is 6.07 Å². The van der Waals surface area contributed by atoms with Crippen molar-refractivity contribution in [3.63, 3.8) is 0 Å². The van der Waals surface area contributed by atoms with E-state index in [2.05, 4.69) is 65.5 Å². The maximum absolute atomic E-state index is 6.10. The van der Waals surface area contributed by atoms with E-state index in [4.69, 9.17) is 9.15 Å². The minimum Gasteiger partial charge on any atom is -0.408 e. The van der Waals surface area contributed by atoms with Crippen molar-refractivity contribution >= 4 is 6.01 Å². The number of nitrogens with zero attached hydrogens (tertiary/aromatic N) is 3. The molecule has 2 aliphatic heterocycles. The summed E-state index contributed by atoms with van der Waals surface area (Å²) in [7, 11) is 0. The maximum Gasteiger partial charge on any atom is 0.315 e. The summed E-state index contributed by atoms with van der Waals surface area (Å²) in [6, 6.07) is 11.8. The number of morpholine rings is 1. The Labute approximate surface area is 148 Å². The van der Waals surface area contributed by atoms with Crippen molar-refractivity contribution in [3.8, 4) is 0 Å². The van der Waals surface area contributed by atoms with Gasteiger partial charge in [-0.25, -0.2) is 0 Å². The van der Waals surface area contributed by atoms with Crippen LogP contribution < -0.4 is 5.32 Å². The summed E-state index contributed by atoms with van der Waals surface area (Å²) < 4.78 is 11.9. The predicted octanol–water partition coefficient (Wildman–Crippen LogP) is 2.99. The molecule has 3 atom stereocenters. The third-order valence-electron chi connectivity index (χ3n) is 4.98. The van der Waals surface area contributed by atoms with Crippen LogP contribution in [0.1, 0.15) is 44.8 Å². The van der Waals surface area contributed by atoms with Crippen LogP contribution >= 0.6 is 0 Å². The van der Waals surface area contributed by atoms with E-state index in [9.17, 15) is 0 Å². The summed E-state index contributed by atoms with van der Waals surface area (Å²) in [4.78, 5) is 2.51. The van der Waals surface area contributed by atoms with Crippen LogP contribution in [0.4, 0.5) is 6.01 Å². The zero-order chi connectivity index (χ0) is 17.4. The van der Waals surface area contributed by atoms with Gasteiger partial charge in [0.15, 0.2) is 0 Å². The molecule has 0 saturated carbocycles. The van der Waals surface area contributed by atoms with Crippen LogP contribution in [0.2, 0.25) is 0 Å². The summed E-state index contributed by atoms with van der Waals surface area (Å²) >= 11 is 0. The van der Waals surface area contributed by atoms with E-state index in [0.717, 1.165) is 26.1 Å². The Balaban J connectivity index is 1.37. The van der Waals surface area contributed by atoms with Crippen molar-refractivity contribution < 1.29 is 9.15 Å². The highest BCUT2D eigenvalue weighted by atomic mass is 16.5. The average molecular weight is 342 g/mol. The molecule has 0 bridgehead atoms. The highest BCUT2D eigenvalue weighted by Gasteiger charge is 2.38. The molecule has 6 nitrogen and oxygen atoms in total. The summed E-state index contributed by atoms with van der Waals surface area (Å²) in [5.41, 5.74) is 1.13. The van der Waals surface area contributed by atoms with Crippen LogP contribution in [0.25, 0.3) is 0 Å². The maximum atomic E-state index is 6.10. The first-order valence-corrected chi connectivity index (χ1v) is 9.00. The molecule has 0 spiro atoms. The molecule has 25 heavy (non-hydrogen) atoms. The number of fused-ring (bicyclic) bond motifs is 1. The molecule has 4 rings (SSSR count). The number of ether oxygens (including phenoxy) is 1. The van der Waals surface area contributed by atoms with Crippen LogP contribution in [-0.4, -0.2) is 46.9 Å². The second-order valence-electron chi connectivity index (χ2n) is 8.08. The molecule has 3 heterocycles. The zero-order valence-corrected chi connectivity index (χ0v) is 15.1. The van der Waals surface area contributed by atoms with E-state index < -0.39 is 0 Å². The van der Waals surface area contributed by atoms with Gasteiger partial charge in [-0.1, -0.05) is 56.2 Å². The van der Waals surface area contributed by atoms with Crippen LogP contribution in [0.3, 0.4) is 0 Å². The molecule has 0 amide bonds. The monoisotopic (exact) mass is 342 g/mol. The van der Waals surface area contributed by atoms with Crippen molar-refractivity contribution in [2.24, 2.45) is 0 Å². The van der Waals surface area contributed by atoms with Gasteiger partial charge < -0.3 is 14.5 Å². The molecular formula is C19H26N4O2. The molecule has 2 fully saturated rings. The van der Waals surface area contributed by atoms with Crippen molar-refractivity contribution in [3.05, 3.63) is 41.8 Å². The van der Waals surface area contributed by atoms with Crippen LogP contribution in [0, 0.1) is 0 Å². The fraction of sp³-hybridized carbons (Fsp3) is 0.579. The number of hydrogen-bond donors (Lipinski definition) is 1. The van der Waals surface area contributed by atoms with Gasteiger partial charge >= 0.3 is 6.01 Å². The third-order valence-corrected chi connectivity index (χ3v) is 4.98. The molecule has 0 unspecified atom stereocenters. The average Bonchev–Trinajstić information content (AvgIpc) is 3.21. The van der Waals surface area contributed by atoms with E-state index in [0.29, 0.717) is 24.0 Å². The van der Waals surface area contributed by atoms with Gasteiger partial charge in [0.1, 0.15) is 0 Å². The predicted molar refractivity (Wildman–Crippen MR) is 95.5 cm³/mol. The highest BCUT2D eigenvalue weighted by Crippen LogP contribution is 2.31. The third kappa shape index (κ3) is 3.55. The molecule has 1 aromatic heterocycles. The van der Waals surface area contributed by atoms with Gasteiger partial charge in [0.05, 0.1) is 12.7 Å². The first kappa shape index (κ1) is 16.5. The Morgan fingerprint density at radius 2 is 1.92 bits per heavy atom.